The predicted molar refractivity (Wildman–Crippen MR) is 37.7 cm³/mol. The number of aliphatic hydroxyl groups excluding tert-OH is 1. The van der Waals surface area contributed by atoms with Crippen LogP contribution in [0.5, 0.6) is 0 Å². The lowest BCUT2D eigenvalue weighted by Gasteiger charge is -1.80. The Morgan fingerprint density at radius 1 is 1.18 bits per heavy atom. The SMILES string of the molecule is CCO.N.O=C(O)CC(=O)O. The van der Waals surface area contributed by atoms with Crippen LogP contribution >= 0.6 is 0 Å². The number of rotatable bonds is 2. The Morgan fingerprint density at radius 2 is 1.36 bits per heavy atom. The van der Waals surface area contributed by atoms with Gasteiger partial charge in [0.2, 0.25) is 0 Å². The van der Waals surface area contributed by atoms with Gasteiger partial charge in [-0.1, -0.05) is 0 Å². The summed E-state index contributed by atoms with van der Waals surface area (Å²) in [5.74, 6) is -2.62. The Kier molecular flexibility index (Phi) is 17.4. The van der Waals surface area contributed by atoms with Crippen LogP contribution in [0.15, 0.2) is 0 Å². The number of carboxylic acids is 2. The van der Waals surface area contributed by atoms with Crippen molar-refractivity contribution in [3.63, 3.8) is 0 Å². The van der Waals surface area contributed by atoms with E-state index < -0.39 is 18.4 Å². The third kappa shape index (κ3) is 51.0. The van der Waals surface area contributed by atoms with E-state index >= 15 is 0 Å². The summed E-state index contributed by atoms with van der Waals surface area (Å²) in [6, 6.07) is 0. The fraction of sp³-hybridized carbons (Fsp3) is 0.600. The van der Waals surface area contributed by atoms with Gasteiger partial charge in [0.05, 0.1) is 0 Å². The number of aliphatic carboxylic acids is 2. The van der Waals surface area contributed by atoms with Gasteiger partial charge in [-0.05, 0) is 6.92 Å². The van der Waals surface area contributed by atoms with Crippen molar-refractivity contribution >= 4 is 11.9 Å². The highest BCUT2D eigenvalue weighted by Crippen LogP contribution is 1.74. The van der Waals surface area contributed by atoms with Gasteiger partial charge in [0, 0.05) is 6.61 Å². The van der Waals surface area contributed by atoms with E-state index in [0.717, 1.165) is 0 Å². The summed E-state index contributed by atoms with van der Waals surface area (Å²) in [6.07, 6.45) is -0.806. The van der Waals surface area contributed by atoms with Gasteiger partial charge in [-0.25, -0.2) is 0 Å². The maximum absolute atomic E-state index is 9.43. The smallest absolute Gasteiger partial charge is 0.314 e. The molecule has 6 heteroatoms. The molecule has 0 aromatic heterocycles. The molecule has 0 fully saturated rings. The van der Waals surface area contributed by atoms with E-state index in [0.29, 0.717) is 0 Å². The fourth-order valence-corrected chi connectivity index (χ4v) is 0.129. The molecule has 6 nitrogen and oxygen atoms in total. The molecule has 0 spiro atoms. The lowest BCUT2D eigenvalue weighted by atomic mass is 10.5. The zero-order valence-electron chi connectivity index (χ0n) is 6.28. The van der Waals surface area contributed by atoms with Crippen molar-refractivity contribution in [1.29, 1.82) is 0 Å². The van der Waals surface area contributed by atoms with E-state index in [-0.39, 0.29) is 12.8 Å². The maximum Gasteiger partial charge on any atom is 0.314 e. The van der Waals surface area contributed by atoms with Crippen LogP contribution < -0.4 is 6.15 Å². The van der Waals surface area contributed by atoms with Crippen molar-refractivity contribution in [2.24, 2.45) is 0 Å². The minimum Gasteiger partial charge on any atom is -0.481 e. The molecule has 0 saturated carbocycles. The topological polar surface area (TPSA) is 130 Å². The third-order valence-corrected chi connectivity index (χ3v) is 0.302. The second-order valence-electron chi connectivity index (χ2n) is 1.28. The van der Waals surface area contributed by atoms with Crippen LogP contribution in [0.25, 0.3) is 0 Å². The first-order valence-corrected chi connectivity index (χ1v) is 2.59. The van der Waals surface area contributed by atoms with Crippen molar-refractivity contribution in [2.45, 2.75) is 13.3 Å². The molecule has 68 valence electrons. The van der Waals surface area contributed by atoms with Crippen LogP contribution in [0.1, 0.15) is 13.3 Å². The highest BCUT2D eigenvalue weighted by Gasteiger charge is 2.01. The first-order valence-electron chi connectivity index (χ1n) is 2.59. The van der Waals surface area contributed by atoms with Gasteiger partial charge in [0.25, 0.3) is 0 Å². The van der Waals surface area contributed by atoms with Gasteiger partial charge < -0.3 is 21.5 Å². The molecule has 0 aromatic rings. The van der Waals surface area contributed by atoms with Crippen LogP contribution in [0.2, 0.25) is 0 Å². The van der Waals surface area contributed by atoms with E-state index in [2.05, 4.69) is 0 Å². The minimum absolute atomic E-state index is 0. The fourth-order valence-electron chi connectivity index (χ4n) is 0.129. The average molecular weight is 167 g/mol. The van der Waals surface area contributed by atoms with Gasteiger partial charge in [-0.3, -0.25) is 9.59 Å². The lowest BCUT2D eigenvalue weighted by molar-refractivity contribution is -0.147. The maximum atomic E-state index is 9.43. The summed E-state index contributed by atoms with van der Waals surface area (Å²) in [6.45, 7) is 1.93. The molecule has 0 saturated heterocycles. The number of aliphatic hydroxyl groups is 1. The summed E-state index contributed by atoms with van der Waals surface area (Å²) < 4.78 is 0. The van der Waals surface area contributed by atoms with Crippen molar-refractivity contribution in [2.75, 3.05) is 6.61 Å². The molecule has 0 rings (SSSR count). The predicted octanol–water partition coefficient (Wildman–Crippen LogP) is -0.294. The molecule has 0 aliphatic carbocycles. The normalized spacial score (nSPS) is 6.73. The first-order chi connectivity index (χ1) is 4.54. The first kappa shape index (κ1) is 16.4. The van der Waals surface area contributed by atoms with Crippen molar-refractivity contribution in [1.82, 2.24) is 6.15 Å². The quantitative estimate of drug-likeness (QED) is 0.418. The highest BCUT2D eigenvalue weighted by atomic mass is 16.4. The Bertz CT molecular complexity index is 101. The van der Waals surface area contributed by atoms with E-state index in [1.54, 1.807) is 6.92 Å². The summed E-state index contributed by atoms with van der Waals surface area (Å²) >= 11 is 0. The second-order valence-corrected chi connectivity index (χ2v) is 1.28. The molecular weight excluding hydrogens is 154 g/mol. The second kappa shape index (κ2) is 11.6. The van der Waals surface area contributed by atoms with Gasteiger partial charge in [0.1, 0.15) is 6.42 Å². The zero-order chi connectivity index (χ0) is 8.57. The Labute approximate surface area is 64.0 Å². The number of hydrogen-bond acceptors (Lipinski definition) is 4. The average Bonchev–Trinajstić information content (AvgIpc) is 1.62. The Hall–Kier alpha value is -1.14. The Morgan fingerprint density at radius 3 is 1.36 bits per heavy atom. The van der Waals surface area contributed by atoms with Crippen LogP contribution in [-0.4, -0.2) is 33.9 Å². The van der Waals surface area contributed by atoms with E-state index in [4.69, 9.17) is 15.3 Å². The molecule has 0 radical (unpaired) electrons. The molecule has 0 amide bonds. The standard InChI is InChI=1S/C3H4O4.C2H6O.H3N/c4-2(5)1-3(6)7;1-2-3;/h1H2,(H,4,5)(H,6,7);3H,2H2,1H3;1H3. The summed E-state index contributed by atoms with van der Waals surface area (Å²) in [4.78, 5) is 18.9. The molecule has 0 bridgehead atoms. The lowest BCUT2D eigenvalue weighted by Crippen LogP contribution is -2.03. The molecule has 0 atom stereocenters. The summed E-state index contributed by atoms with van der Waals surface area (Å²) in [5, 5.41) is 23.0. The van der Waals surface area contributed by atoms with Gasteiger partial charge in [0.15, 0.2) is 0 Å². The van der Waals surface area contributed by atoms with Crippen LogP contribution in [0, 0.1) is 0 Å². The number of carbonyl (C=O) groups is 2. The minimum atomic E-state index is -1.31. The van der Waals surface area contributed by atoms with Crippen molar-refractivity contribution in [3.05, 3.63) is 0 Å². The van der Waals surface area contributed by atoms with Gasteiger partial charge >= 0.3 is 11.9 Å². The molecule has 0 aromatic carbocycles. The number of hydrogen-bond donors (Lipinski definition) is 4. The van der Waals surface area contributed by atoms with Crippen molar-refractivity contribution in [3.8, 4) is 0 Å². The monoisotopic (exact) mass is 167 g/mol. The molecule has 0 unspecified atom stereocenters. The largest absolute Gasteiger partial charge is 0.481 e. The molecule has 0 heterocycles. The number of carboxylic acid groups (broad SMARTS) is 2. The highest BCUT2D eigenvalue weighted by molar-refractivity contribution is 5.88. The molecular formula is C5H13NO5. The molecule has 11 heavy (non-hydrogen) atoms. The zero-order valence-corrected chi connectivity index (χ0v) is 6.28. The van der Waals surface area contributed by atoms with E-state index in [9.17, 15) is 9.59 Å². The van der Waals surface area contributed by atoms with E-state index in [1.165, 1.54) is 0 Å². The van der Waals surface area contributed by atoms with Crippen molar-refractivity contribution < 1.29 is 24.9 Å². The molecule has 0 aliphatic rings. The van der Waals surface area contributed by atoms with Gasteiger partial charge in [-0.2, -0.15) is 0 Å². The summed E-state index contributed by atoms with van der Waals surface area (Å²) in [5.41, 5.74) is 0. The van der Waals surface area contributed by atoms with Crippen LogP contribution in [0.3, 0.4) is 0 Å². The Balaban J connectivity index is -0.000000140. The van der Waals surface area contributed by atoms with E-state index in [1.807, 2.05) is 0 Å². The summed E-state index contributed by atoms with van der Waals surface area (Å²) in [7, 11) is 0. The van der Waals surface area contributed by atoms with Gasteiger partial charge in [-0.15, -0.1) is 0 Å². The third-order valence-electron chi connectivity index (χ3n) is 0.302. The molecule has 6 N–H and O–H groups in total. The van der Waals surface area contributed by atoms with Crippen LogP contribution in [-0.2, 0) is 9.59 Å². The van der Waals surface area contributed by atoms with Crippen LogP contribution in [0.4, 0.5) is 0 Å². The molecule has 0 aliphatic heterocycles.